The van der Waals surface area contributed by atoms with Crippen LogP contribution < -0.4 is 4.90 Å². The Kier molecular flexibility index (Phi) is 3.75. The van der Waals surface area contributed by atoms with Crippen LogP contribution in [0.25, 0.3) is 10.9 Å². The summed E-state index contributed by atoms with van der Waals surface area (Å²) in [6.45, 7) is 1.88. The summed E-state index contributed by atoms with van der Waals surface area (Å²) in [5.74, 6) is 0.240. The third kappa shape index (κ3) is 2.69. The number of carboxylic acids is 1. The van der Waals surface area contributed by atoms with E-state index in [0.29, 0.717) is 28.2 Å². The van der Waals surface area contributed by atoms with E-state index < -0.39 is 5.97 Å². The van der Waals surface area contributed by atoms with Crippen molar-refractivity contribution in [3.8, 4) is 0 Å². The summed E-state index contributed by atoms with van der Waals surface area (Å²) in [4.78, 5) is 18.2. The van der Waals surface area contributed by atoms with Crippen molar-refractivity contribution in [1.82, 2.24) is 4.98 Å². The number of para-hydroxylation sites is 1. The molecule has 2 aromatic rings. The number of hydrogen-bond donors (Lipinski definition) is 2. The number of hydrogen-bond acceptors (Lipinski definition) is 4. The van der Waals surface area contributed by atoms with Gasteiger partial charge in [0.2, 0.25) is 0 Å². The Morgan fingerprint density at radius 3 is 2.95 bits per heavy atom. The van der Waals surface area contributed by atoms with Crippen LogP contribution in [-0.2, 0) is 0 Å². The summed E-state index contributed by atoms with van der Waals surface area (Å²) < 4.78 is 0. The SMILES string of the molecule is O=C(O)c1cc(N2CCC(CCO)C2)nc2ccccc12. The number of aliphatic hydroxyl groups is 1. The largest absolute Gasteiger partial charge is 0.478 e. The van der Waals surface area contributed by atoms with E-state index in [9.17, 15) is 9.90 Å². The number of aliphatic hydroxyl groups excluding tert-OH is 1. The first-order chi connectivity index (χ1) is 10.2. The highest BCUT2D eigenvalue weighted by Gasteiger charge is 2.24. The van der Waals surface area contributed by atoms with Crippen molar-refractivity contribution < 1.29 is 15.0 Å². The van der Waals surface area contributed by atoms with E-state index in [4.69, 9.17) is 5.11 Å². The van der Waals surface area contributed by atoms with Crippen molar-refractivity contribution in [3.05, 3.63) is 35.9 Å². The van der Waals surface area contributed by atoms with Gasteiger partial charge in [0.15, 0.2) is 0 Å². The zero-order valence-corrected chi connectivity index (χ0v) is 11.7. The van der Waals surface area contributed by atoms with E-state index in [2.05, 4.69) is 9.88 Å². The Morgan fingerprint density at radius 1 is 1.38 bits per heavy atom. The number of carbonyl (C=O) groups is 1. The van der Waals surface area contributed by atoms with E-state index in [1.807, 2.05) is 18.2 Å². The zero-order valence-electron chi connectivity index (χ0n) is 11.7. The minimum absolute atomic E-state index is 0.198. The highest BCUT2D eigenvalue weighted by Crippen LogP contribution is 2.28. The van der Waals surface area contributed by atoms with Crippen LogP contribution in [0.4, 0.5) is 5.82 Å². The third-order valence-corrected chi connectivity index (χ3v) is 4.08. The molecule has 5 heteroatoms. The predicted molar refractivity (Wildman–Crippen MR) is 80.7 cm³/mol. The Balaban J connectivity index is 1.98. The molecule has 0 bridgehead atoms. The molecule has 0 amide bonds. The number of fused-ring (bicyclic) bond motifs is 1. The second kappa shape index (κ2) is 5.69. The van der Waals surface area contributed by atoms with Crippen LogP contribution in [-0.4, -0.2) is 40.9 Å². The maximum Gasteiger partial charge on any atom is 0.336 e. The topological polar surface area (TPSA) is 73.7 Å². The van der Waals surface area contributed by atoms with E-state index in [-0.39, 0.29) is 6.61 Å². The van der Waals surface area contributed by atoms with Gasteiger partial charge in [-0.2, -0.15) is 0 Å². The summed E-state index contributed by atoms with van der Waals surface area (Å²) in [5.41, 5.74) is 0.999. The minimum atomic E-state index is -0.930. The molecule has 0 spiro atoms. The molecule has 1 aliphatic heterocycles. The molecule has 1 aromatic carbocycles. The third-order valence-electron chi connectivity index (χ3n) is 4.08. The summed E-state index contributed by atoms with van der Waals surface area (Å²) in [7, 11) is 0. The standard InChI is InChI=1S/C16H18N2O3/c19-8-6-11-5-7-18(10-11)15-9-13(16(20)21)12-3-1-2-4-14(12)17-15/h1-4,9,11,19H,5-8,10H2,(H,20,21). The molecule has 110 valence electrons. The van der Waals surface area contributed by atoms with Gasteiger partial charge in [-0.1, -0.05) is 18.2 Å². The van der Waals surface area contributed by atoms with Crippen LogP contribution in [0, 0.1) is 5.92 Å². The minimum Gasteiger partial charge on any atom is -0.478 e. The van der Waals surface area contributed by atoms with E-state index in [1.54, 1.807) is 12.1 Å². The van der Waals surface area contributed by atoms with Crippen LogP contribution >= 0.6 is 0 Å². The molecule has 1 unspecified atom stereocenters. The smallest absolute Gasteiger partial charge is 0.336 e. The Hall–Kier alpha value is -2.14. The van der Waals surface area contributed by atoms with Crippen molar-refractivity contribution in [3.63, 3.8) is 0 Å². The number of aromatic nitrogens is 1. The van der Waals surface area contributed by atoms with Crippen LogP contribution in [0.3, 0.4) is 0 Å². The maximum atomic E-state index is 11.5. The van der Waals surface area contributed by atoms with Crippen LogP contribution in [0.5, 0.6) is 0 Å². The van der Waals surface area contributed by atoms with E-state index in [1.165, 1.54) is 0 Å². The zero-order chi connectivity index (χ0) is 14.8. The average molecular weight is 286 g/mol. The molecule has 3 rings (SSSR count). The quantitative estimate of drug-likeness (QED) is 0.901. The first-order valence-corrected chi connectivity index (χ1v) is 7.18. The van der Waals surface area contributed by atoms with Crippen molar-refractivity contribution >= 4 is 22.7 Å². The second-order valence-electron chi connectivity index (χ2n) is 5.46. The van der Waals surface area contributed by atoms with Crippen molar-refractivity contribution in [2.75, 3.05) is 24.6 Å². The lowest BCUT2D eigenvalue weighted by Crippen LogP contribution is -2.21. The Labute approximate surface area is 122 Å². The fourth-order valence-electron chi connectivity index (χ4n) is 2.96. The molecule has 1 saturated heterocycles. The molecule has 2 heterocycles. The number of benzene rings is 1. The van der Waals surface area contributed by atoms with Gasteiger partial charge in [0, 0.05) is 25.1 Å². The lowest BCUT2D eigenvalue weighted by atomic mass is 10.1. The molecule has 1 atom stereocenters. The summed E-state index contributed by atoms with van der Waals surface area (Å²) >= 11 is 0. The monoisotopic (exact) mass is 286 g/mol. The van der Waals surface area contributed by atoms with E-state index >= 15 is 0 Å². The van der Waals surface area contributed by atoms with Gasteiger partial charge >= 0.3 is 5.97 Å². The van der Waals surface area contributed by atoms with Gasteiger partial charge in [-0.25, -0.2) is 9.78 Å². The van der Waals surface area contributed by atoms with Gasteiger partial charge in [-0.15, -0.1) is 0 Å². The Morgan fingerprint density at radius 2 is 2.19 bits per heavy atom. The number of rotatable bonds is 4. The molecule has 21 heavy (non-hydrogen) atoms. The van der Waals surface area contributed by atoms with E-state index in [0.717, 1.165) is 25.9 Å². The first kappa shape index (κ1) is 13.8. The van der Waals surface area contributed by atoms with Crippen molar-refractivity contribution in [2.45, 2.75) is 12.8 Å². The number of anilines is 1. The fourth-order valence-corrected chi connectivity index (χ4v) is 2.96. The number of carboxylic acid groups (broad SMARTS) is 1. The Bertz CT molecular complexity index is 672. The van der Waals surface area contributed by atoms with Gasteiger partial charge in [0.25, 0.3) is 0 Å². The van der Waals surface area contributed by atoms with Gasteiger partial charge < -0.3 is 15.1 Å². The molecule has 5 nitrogen and oxygen atoms in total. The van der Waals surface area contributed by atoms with Gasteiger partial charge in [0.05, 0.1) is 11.1 Å². The molecule has 0 saturated carbocycles. The van der Waals surface area contributed by atoms with Crippen LogP contribution in [0.1, 0.15) is 23.2 Å². The first-order valence-electron chi connectivity index (χ1n) is 7.18. The van der Waals surface area contributed by atoms with Gasteiger partial charge in [-0.3, -0.25) is 0 Å². The molecule has 1 fully saturated rings. The molecule has 0 aliphatic carbocycles. The molecular weight excluding hydrogens is 268 g/mol. The summed E-state index contributed by atoms with van der Waals surface area (Å²) in [5, 5.41) is 19.1. The lowest BCUT2D eigenvalue weighted by molar-refractivity contribution is 0.0699. The van der Waals surface area contributed by atoms with Crippen molar-refractivity contribution in [2.24, 2.45) is 5.92 Å². The molecule has 1 aliphatic rings. The molecule has 2 N–H and O–H groups in total. The average Bonchev–Trinajstić information content (AvgIpc) is 2.95. The number of pyridine rings is 1. The summed E-state index contributed by atoms with van der Waals surface area (Å²) in [6.07, 6.45) is 1.80. The molecule has 1 aromatic heterocycles. The second-order valence-corrected chi connectivity index (χ2v) is 5.46. The predicted octanol–water partition coefficient (Wildman–Crippen LogP) is 2.14. The molecular formula is C16H18N2O3. The normalized spacial score (nSPS) is 18.3. The highest BCUT2D eigenvalue weighted by atomic mass is 16.4. The lowest BCUT2D eigenvalue weighted by Gasteiger charge is -2.19. The van der Waals surface area contributed by atoms with Gasteiger partial charge in [0.1, 0.15) is 5.82 Å². The summed E-state index contributed by atoms with van der Waals surface area (Å²) in [6, 6.07) is 8.97. The number of nitrogens with zero attached hydrogens (tertiary/aromatic N) is 2. The van der Waals surface area contributed by atoms with Gasteiger partial charge in [-0.05, 0) is 30.9 Å². The fraction of sp³-hybridized carbons (Fsp3) is 0.375. The maximum absolute atomic E-state index is 11.5. The highest BCUT2D eigenvalue weighted by molar-refractivity contribution is 6.03. The van der Waals surface area contributed by atoms with Crippen LogP contribution in [0.2, 0.25) is 0 Å². The van der Waals surface area contributed by atoms with Crippen molar-refractivity contribution in [1.29, 1.82) is 0 Å². The van der Waals surface area contributed by atoms with Crippen LogP contribution in [0.15, 0.2) is 30.3 Å². The molecule has 0 radical (unpaired) electrons. The number of aromatic carboxylic acids is 1.